The molecule has 2 amide bonds. The van der Waals surface area contributed by atoms with Crippen molar-refractivity contribution in [2.75, 3.05) is 26.2 Å². The summed E-state index contributed by atoms with van der Waals surface area (Å²) >= 11 is 0. The fourth-order valence-electron chi connectivity index (χ4n) is 2.55. The topological polar surface area (TPSA) is 60.9 Å². The van der Waals surface area contributed by atoms with Gasteiger partial charge in [-0.15, -0.1) is 0 Å². The van der Waals surface area contributed by atoms with Crippen LogP contribution in [0.1, 0.15) is 19.4 Å². The molecule has 0 aromatic heterocycles. The summed E-state index contributed by atoms with van der Waals surface area (Å²) in [5.41, 5.74) is 0.972. The average molecular weight is 320 g/mol. The first kappa shape index (κ1) is 17.1. The van der Waals surface area contributed by atoms with Gasteiger partial charge in [0.15, 0.2) is 0 Å². The van der Waals surface area contributed by atoms with Gasteiger partial charge in [-0.05, 0) is 25.5 Å². The highest BCUT2D eigenvalue weighted by Crippen LogP contribution is 2.18. The first-order chi connectivity index (χ1) is 10.9. The number of hydrogen-bond donors (Lipinski definition) is 1. The summed E-state index contributed by atoms with van der Waals surface area (Å²) in [6.45, 7) is 4.71. The number of rotatable bonds is 3. The van der Waals surface area contributed by atoms with Crippen molar-refractivity contribution in [2.24, 2.45) is 0 Å². The molecule has 1 saturated heterocycles. The molecule has 1 aliphatic rings. The van der Waals surface area contributed by atoms with Crippen molar-refractivity contribution < 1.29 is 19.1 Å². The van der Waals surface area contributed by atoms with Gasteiger partial charge in [0.25, 0.3) is 5.91 Å². The highest BCUT2D eigenvalue weighted by atomic mass is 19.1. The number of allylic oxidation sites excluding steroid dienone is 1. The predicted molar refractivity (Wildman–Crippen MR) is 84.9 cm³/mol. The molecule has 124 valence electrons. The van der Waals surface area contributed by atoms with Gasteiger partial charge >= 0.3 is 0 Å². The minimum absolute atomic E-state index is 0.199. The number of hydrogen-bond acceptors (Lipinski definition) is 3. The Bertz CT molecular complexity index is 620. The molecule has 1 aromatic rings. The minimum atomic E-state index is -1.03. The number of benzene rings is 1. The van der Waals surface area contributed by atoms with E-state index < -0.39 is 6.10 Å². The van der Waals surface area contributed by atoms with E-state index in [0.29, 0.717) is 37.3 Å². The zero-order valence-electron chi connectivity index (χ0n) is 13.3. The normalized spacial score (nSPS) is 17.1. The fourth-order valence-corrected chi connectivity index (χ4v) is 2.55. The predicted octanol–water partition coefficient (Wildman–Crippen LogP) is 1.28. The molecule has 1 fully saturated rings. The number of piperazine rings is 1. The van der Waals surface area contributed by atoms with Gasteiger partial charge in [0.2, 0.25) is 5.91 Å². The second-order valence-electron chi connectivity index (χ2n) is 5.63. The lowest BCUT2D eigenvalue weighted by atomic mass is 10.1. The van der Waals surface area contributed by atoms with Crippen LogP contribution in [-0.4, -0.2) is 59.0 Å². The second-order valence-corrected chi connectivity index (χ2v) is 5.63. The van der Waals surface area contributed by atoms with Gasteiger partial charge in [-0.2, -0.15) is 0 Å². The summed E-state index contributed by atoms with van der Waals surface area (Å²) in [5, 5.41) is 9.30. The van der Waals surface area contributed by atoms with Gasteiger partial charge in [0.1, 0.15) is 11.9 Å². The van der Waals surface area contributed by atoms with Crippen molar-refractivity contribution in [1.29, 1.82) is 0 Å². The molecule has 1 aliphatic heterocycles. The highest BCUT2D eigenvalue weighted by Gasteiger charge is 2.25. The molecular formula is C17H21FN2O3. The van der Waals surface area contributed by atoms with Crippen molar-refractivity contribution in [3.8, 4) is 0 Å². The van der Waals surface area contributed by atoms with E-state index in [1.807, 2.05) is 0 Å². The lowest BCUT2D eigenvalue weighted by molar-refractivity contribution is -0.143. The van der Waals surface area contributed by atoms with Crippen LogP contribution in [0.4, 0.5) is 4.39 Å². The Morgan fingerprint density at radius 3 is 2.30 bits per heavy atom. The molecule has 1 N–H and O–H groups in total. The first-order valence-corrected chi connectivity index (χ1v) is 7.59. The number of halogens is 1. The molecule has 0 spiro atoms. The monoisotopic (exact) mass is 320 g/mol. The molecule has 0 saturated carbocycles. The molecule has 0 bridgehead atoms. The van der Waals surface area contributed by atoms with E-state index in [4.69, 9.17) is 0 Å². The SMILES string of the molecule is C/C(=C/C(=O)N1CCN(C(=O)C(C)O)CC1)c1ccccc1F. The number of carbonyl (C=O) groups is 2. The van der Waals surface area contributed by atoms with Crippen LogP contribution in [-0.2, 0) is 9.59 Å². The minimum Gasteiger partial charge on any atom is -0.384 e. The maximum Gasteiger partial charge on any atom is 0.251 e. The molecular weight excluding hydrogens is 299 g/mol. The fraction of sp³-hybridized carbons (Fsp3) is 0.412. The summed E-state index contributed by atoms with van der Waals surface area (Å²) in [7, 11) is 0. The first-order valence-electron chi connectivity index (χ1n) is 7.59. The smallest absolute Gasteiger partial charge is 0.251 e. The van der Waals surface area contributed by atoms with Crippen molar-refractivity contribution in [3.63, 3.8) is 0 Å². The Morgan fingerprint density at radius 2 is 1.74 bits per heavy atom. The van der Waals surface area contributed by atoms with Crippen LogP contribution >= 0.6 is 0 Å². The third-order valence-electron chi connectivity index (χ3n) is 3.90. The van der Waals surface area contributed by atoms with Gasteiger partial charge in [0, 0.05) is 37.8 Å². The van der Waals surface area contributed by atoms with Crippen LogP contribution < -0.4 is 0 Å². The van der Waals surface area contributed by atoms with Crippen LogP contribution in [0.3, 0.4) is 0 Å². The zero-order chi connectivity index (χ0) is 17.0. The van der Waals surface area contributed by atoms with Crippen LogP contribution in [0.15, 0.2) is 30.3 Å². The Kier molecular flexibility index (Phi) is 5.50. The number of amides is 2. The van der Waals surface area contributed by atoms with E-state index in [1.54, 1.807) is 34.9 Å². The molecule has 1 atom stereocenters. The lowest BCUT2D eigenvalue weighted by Gasteiger charge is -2.34. The number of aliphatic hydroxyl groups excluding tert-OH is 1. The van der Waals surface area contributed by atoms with Gasteiger partial charge in [-0.3, -0.25) is 9.59 Å². The van der Waals surface area contributed by atoms with Crippen molar-refractivity contribution >= 4 is 17.4 Å². The molecule has 23 heavy (non-hydrogen) atoms. The van der Waals surface area contributed by atoms with E-state index >= 15 is 0 Å². The third kappa shape index (κ3) is 4.16. The standard InChI is InChI=1S/C17H21FN2O3/c1-12(14-5-3-4-6-15(14)18)11-16(22)19-7-9-20(10-8-19)17(23)13(2)21/h3-6,11,13,21H,7-10H2,1-2H3/b12-11-. The number of carbonyl (C=O) groups excluding carboxylic acids is 2. The van der Waals surface area contributed by atoms with E-state index in [1.165, 1.54) is 19.1 Å². The molecule has 1 unspecified atom stereocenters. The third-order valence-corrected chi connectivity index (χ3v) is 3.90. The molecule has 1 heterocycles. The largest absolute Gasteiger partial charge is 0.384 e. The lowest BCUT2D eigenvalue weighted by Crippen LogP contribution is -2.52. The molecule has 1 aromatic carbocycles. The van der Waals surface area contributed by atoms with Gasteiger partial charge in [-0.1, -0.05) is 18.2 Å². The Hall–Kier alpha value is -2.21. The van der Waals surface area contributed by atoms with Gasteiger partial charge < -0.3 is 14.9 Å². The van der Waals surface area contributed by atoms with Gasteiger partial charge in [0.05, 0.1) is 0 Å². The van der Waals surface area contributed by atoms with Crippen LogP contribution in [0.2, 0.25) is 0 Å². The second kappa shape index (κ2) is 7.37. The van der Waals surface area contributed by atoms with Crippen LogP contribution in [0, 0.1) is 5.82 Å². The quantitative estimate of drug-likeness (QED) is 0.854. The summed E-state index contributed by atoms with van der Waals surface area (Å²) in [5.74, 6) is -0.883. The maximum absolute atomic E-state index is 13.7. The highest BCUT2D eigenvalue weighted by molar-refractivity contribution is 5.95. The van der Waals surface area contributed by atoms with E-state index in [-0.39, 0.29) is 17.6 Å². The van der Waals surface area contributed by atoms with Gasteiger partial charge in [-0.25, -0.2) is 4.39 Å². The summed E-state index contributed by atoms with van der Waals surface area (Å²) in [6.07, 6.45) is 0.394. The summed E-state index contributed by atoms with van der Waals surface area (Å²) in [4.78, 5) is 27.1. The van der Waals surface area contributed by atoms with E-state index in [9.17, 15) is 19.1 Å². The summed E-state index contributed by atoms with van der Waals surface area (Å²) < 4.78 is 13.7. The van der Waals surface area contributed by atoms with Crippen molar-refractivity contribution in [2.45, 2.75) is 20.0 Å². The Morgan fingerprint density at radius 1 is 1.17 bits per heavy atom. The summed E-state index contributed by atoms with van der Waals surface area (Å²) in [6, 6.07) is 6.32. The molecule has 0 aliphatic carbocycles. The zero-order valence-corrected chi connectivity index (χ0v) is 13.3. The average Bonchev–Trinajstić information content (AvgIpc) is 2.54. The molecule has 5 nitrogen and oxygen atoms in total. The Labute approximate surface area is 135 Å². The van der Waals surface area contributed by atoms with E-state index in [2.05, 4.69) is 0 Å². The van der Waals surface area contributed by atoms with Crippen LogP contribution in [0.25, 0.3) is 5.57 Å². The van der Waals surface area contributed by atoms with Crippen molar-refractivity contribution in [1.82, 2.24) is 9.80 Å². The number of nitrogens with zero attached hydrogens (tertiary/aromatic N) is 2. The van der Waals surface area contributed by atoms with E-state index in [0.717, 1.165) is 0 Å². The number of aliphatic hydroxyl groups is 1. The maximum atomic E-state index is 13.7. The van der Waals surface area contributed by atoms with Crippen molar-refractivity contribution in [3.05, 3.63) is 41.7 Å². The Balaban J connectivity index is 1.99. The van der Waals surface area contributed by atoms with Crippen LogP contribution in [0.5, 0.6) is 0 Å². The molecule has 0 radical (unpaired) electrons. The molecule has 2 rings (SSSR count). The molecule has 6 heteroatoms.